The molecule has 0 bridgehead atoms. The molecule has 23 heavy (non-hydrogen) atoms. The van der Waals surface area contributed by atoms with E-state index in [9.17, 15) is 9.90 Å². The number of benzene rings is 1. The van der Waals surface area contributed by atoms with Crippen LogP contribution in [0.25, 0.3) is 11.0 Å². The Labute approximate surface area is 135 Å². The third kappa shape index (κ3) is 3.57. The quantitative estimate of drug-likeness (QED) is 0.604. The molecule has 0 saturated heterocycles. The molecule has 1 aliphatic carbocycles. The lowest BCUT2D eigenvalue weighted by molar-refractivity contribution is 0.106. The van der Waals surface area contributed by atoms with Crippen LogP contribution in [0.15, 0.2) is 27.4 Å². The number of fused-ring (bicyclic) bond motifs is 3. The van der Waals surface area contributed by atoms with Gasteiger partial charge in [0.25, 0.3) is 0 Å². The van der Waals surface area contributed by atoms with Crippen LogP contribution in [0.5, 0.6) is 5.75 Å². The fourth-order valence-corrected chi connectivity index (χ4v) is 3.05. The summed E-state index contributed by atoms with van der Waals surface area (Å²) in [6, 6.07) is 5.55. The number of rotatable bonds is 7. The number of aliphatic hydroxyl groups is 1. The molecule has 5 heteroatoms. The Morgan fingerprint density at radius 3 is 3.00 bits per heavy atom. The van der Waals surface area contributed by atoms with Crippen LogP contribution in [0.3, 0.4) is 0 Å². The van der Waals surface area contributed by atoms with E-state index in [1.807, 2.05) is 12.1 Å². The van der Waals surface area contributed by atoms with Gasteiger partial charge in [-0.25, -0.2) is 4.79 Å². The third-order valence-electron chi connectivity index (χ3n) is 4.19. The van der Waals surface area contributed by atoms with E-state index in [4.69, 9.17) is 9.15 Å². The number of aliphatic hydroxyl groups excluding tert-OH is 1. The van der Waals surface area contributed by atoms with Crippen molar-refractivity contribution in [3.05, 3.63) is 39.7 Å². The fourth-order valence-electron chi connectivity index (χ4n) is 3.05. The van der Waals surface area contributed by atoms with Crippen LogP contribution in [0.1, 0.15) is 30.9 Å². The second kappa shape index (κ2) is 7.15. The van der Waals surface area contributed by atoms with Crippen molar-refractivity contribution in [1.29, 1.82) is 0 Å². The van der Waals surface area contributed by atoms with E-state index >= 15 is 0 Å². The van der Waals surface area contributed by atoms with Crippen molar-refractivity contribution in [2.45, 2.75) is 38.7 Å². The van der Waals surface area contributed by atoms with E-state index in [1.165, 1.54) is 0 Å². The average molecular weight is 317 g/mol. The van der Waals surface area contributed by atoms with Gasteiger partial charge in [-0.3, -0.25) is 0 Å². The van der Waals surface area contributed by atoms with E-state index in [1.54, 1.807) is 6.07 Å². The largest absolute Gasteiger partial charge is 0.491 e. The number of ether oxygens (including phenoxy) is 1. The van der Waals surface area contributed by atoms with E-state index in [2.05, 4.69) is 12.2 Å². The van der Waals surface area contributed by atoms with Crippen molar-refractivity contribution in [1.82, 2.24) is 5.32 Å². The molecule has 1 atom stereocenters. The smallest absolute Gasteiger partial charge is 0.339 e. The van der Waals surface area contributed by atoms with Gasteiger partial charge in [-0.15, -0.1) is 0 Å². The van der Waals surface area contributed by atoms with Crippen molar-refractivity contribution in [2.24, 2.45) is 0 Å². The summed E-state index contributed by atoms with van der Waals surface area (Å²) in [5.74, 6) is 0.605. The summed E-state index contributed by atoms with van der Waals surface area (Å²) in [7, 11) is 0. The van der Waals surface area contributed by atoms with E-state index in [-0.39, 0.29) is 12.2 Å². The lowest BCUT2D eigenvalue weighted by Gasteiger charge is -2.13. The summed E-state index contributed by atoms with van der Waals surface area (Å²) in [6.07, 6.45) is 3.21. The predicted molar refractivity (Wildman–Crippen MR) is 89.2 cm³/mol. The first-order valence-electron chi connectivity index (χ1n) is 8.29. The number of hydrogen-bond acceptors (Lipinski definition) is 5. The lowest BCUT2D eigenvalue weighted by atomic mass is 10.1. The molecule has 0 unspecified atom stereocenters. The highest BCUT2D eigenvalue weighted by Gasteiger charge is 2.19. The molecule has 1 aromatic heterocycles. The zero-order valence-electron chi connectivity index (χ0n) is 13.4. The summed E-state index contributed by atoms with van der Waals surface area (Å²) in [5, 5.41) is 14.0. The van der Waals surface area contributed by atoms with Gasteiger partial charge < -0.3 is 19.6 Å². The minimum absolute atomic E-state index is 0.206. The summed E-state index contributed by atoms with van der Waals surface area (Å²) in [6.45, 7) is 3.67. The molecule has 0 fully saturated rings. The molecule has 124 valence electrons. The SMILES string of the molecule is CCCNC[C@@H](O)COc1ccc2c3c(c(=O)oc2c1)CCC3. The van der Waals surface area contributed by atoms with Crippen LogP contribution in [0, 0.1) is 0 Å². The number of hydrogen-bond donors (Lipinski definition) is 2. The molecule has 0 saturated carbocycles. The molecular formula is C18H23NO4. The van der Waals surface area contributed by atoms with Crippen LogP contribution in [-0.2, 0) is 12.8 Å². The van der Waals surface area contributed by atoms with Crippen LogP contribution < -0.4 is 15.7 Å². The van der Waals surface area contributed by atoms with Crippen molar-refractivity contribution < 1.29 is 14.3 Å². The zero-order chi connectivity index (χ0) is 16.2. The van der Waals surface area contributed by atoms with E-state index in [0.29, 0.717) is 17.9 Å². The first-order chi connectivity index (χ1) is 11.2. The Balaban J connectivity index is 1.71. The van der Waals surface area contributed by atoms with Crippen molar-refractivity contribution in [3.8, 4) is 5.75 Å². The highest BCUT2D eigenvalue weighted by Crippen LogP contribution is 2.29. The summed E-state index contributed by atoms with van der Waals surface area (Å²) in [5.41, 5.74) is 2.27. The molecule has 1 aromatic carbocycles. The van der Waals surface area contributed by atoms with Gasteiger partial charge >= 0.3 is 5.63 Å². The average Bonchev–Trinajstić information content (AvgIpc) is 3.03. The Morgan fingerprint density at radius 2 is 2.17 bits per heavy atom. The van der Waals surface area contributed by atoms with Crippen LogP contribution in [0.2, 0.25) is 0 Å². The summed E-state index contributed by atoms with van der Waals surface area (Å²) >= 11 is 0. The van der Waals surface area contributed by atoms with E-state index < -0.39 is 6.10 Å². The topological polar surface area (TPSA) is 71.7 Å². The van der Waals surface area contributed by atoms with Gasteiger partial charge in [0.15, 0.2) is 0 Å². The Hall–Kier alpha value is -1.85. The fraction of sp³-hybridized carbons (Fsp3) is 0.500. The first-order valence-corrected chi connectivity index (χ1v) is 8.29. The molecule has 0 aliphatic heterocycles. The maximum absolute atomic E-state index is 12.0. The third-order valence-corrected chi connectivity index (χ3v) is 4.19. The standard InChI is InChI=1S/C18H23NO4/c1-2-8-19-10-12(20)11-22-13-6-7-15-14-4-3-5-16(14)18(21)23-17(15)9-13/h6-7,9,12,19-20H,2-5,8,10-11H2,1H3/t12-/m1/s1. The van der Waals surface area contributed by atoms with Crippen LogP contribution in [-0.4, -0.2) is 30.9 Å². The highest BCUT2D eigenvalue weighted by molar-refractivity contribution is 5.83. The second-order valence-corrected chi connectivity index (χ2v) is 6.03. The molecule has 2 aromatic rings. The highest BCUT2D eigenvalue weighted by atomic mass is 16.5. The van der Waals surface area contributed by atoms with Gasteiger partial charge in [-0.05, 0) is 49.9 Å². The predicted octanol–water partition coefficient (Wildman–Crippen LogP) is 2.02. The molecule has 0 spiro atoms. The van der Waals surface area contributed by atoms with Gasteiger partial charge in [0.1, 0.15) is 24.0 Å². The molecular weight excluding hydrogens is 294 g/mol. The van der Waals surface area contributed by atoms with Gasteiger partial charge in [-0.1, -0.05) is 6.92 Å². The van der Waals surface area contributed by atoms with Crippen LogP contribution >= 0.6 is 0 Å². The molecule has 0 amide bonds. The number of nitrogens with one attached hydrogen (secondary N) is 1. The van der Waals surface area contributed by atoms with Crippen molar-refractivity contribution in [3.63, 3.8) is 0 Å². The minimum Gasteiger partial charge on any atom is -0.491 e. The summed E-state index contributed by atoms with van der Waals surface area (Å²) in [4.78, 5) is 12.0. The first kappa shape index (κ1) is 16.0. The molecule has 1 aliphatic rings. The Bertz CT molecular complexity index is 738. The molecule has 2 N–H and O–H groups in total. The molecule has 5 nitrogen and oxygen atoms in total. The Morgan fingerprint density at radius 1 is 1.35 bits per heavy atom. The monoisotopic (exact) mass is 317 g/mol. The van der Waals surface area contributed by atoms with Gasteiger partial charge in [0, 0.05) is 23.6 Å². The van der Waals surface area contributed by atoms with Gasteiger partial charge in [0.2, 0.25) is 0 Å². The molecule has 1 heterocycles. The van der Waals surface area contributed by atoms with Gasteiger partial charge in [-0.2, -0.15) is 0 Å². The normalized spacial score (nSPS) is 14.9. The zero-order valence-corrected chi connectivity index (χ0v) is 13.4. The lowest BCUT2D eigenvalue weighted by Crippen LogP contribution is -2.31. The number of aryl methyl sites for hydroxylation is 1. The van der Waals surface area contributed by atoms with Crippen molar-refractivity contribution in [2.75, 3.05) is 19.7 Å². The second-order valence-electron chi connectivity index (χ2n) is 6.03. The van der Waals surface area contributed by atoms with Crippen molar-refractivity contribution >= 4 is 11.0 Å². The Kier molecular flexibility index (Phi) is 4.98. The maximum Gasteiger partial charge on any atom is 0.339 e. The maximum atomic E-state index is 12.0. The molecule has 3 rings (SSSR count). The minimum atomic E-state index is -0.565. The summed E-state index contributed by atoms with van der Waals surface area (Å²) < 4.78 is 11.0. The van der Waals surface area contributed by atoms with Crippen LogP contribution in [0.4, 0.5) is 0 Å². The van der Waals surface area contributed by atoms with E-state index in [0.717, 1.165) is 48.7 Å². The van der Waals surface area contributed by atoms with Gasteiger partial charge in [0.05, 0.1) is 0 Å². The molecule has 0 radical (unpaired) electrons.